The predicted molar refractivity (Wildman–Crippen MR) is 135 cm³/mol. The number of ketones is 1. The molecule has 0 aliphatic heterocycles. The Morgan fingerprint density at radius 3 is 2.54 bits per heavy atom. The number of phenolic OH excluding ortho intramolecular Hbond substituents is 1. The third-order valence-electron chi connectivity index (χ3n) is 7.62. The van der Waals surface area contributed by atoms with Crippen LogP contribution in [0.15, 0.2) is 28.7 Å². The number of amides is 1. The fraction of sp³-hybridized carbons (Fsp3) is 0.519. The fourth-order valence-electron chi connectivity index (χ4n) is 5.38. The van der Waals surface area contributed by atoms with Gasteiger partial charge in [0.1, 0.15) is 23.6 Å². The van der Waals surface area contributed by atoms with Crippen LogP contribution in [0.4, 0.5) is 10.1 Å². The number of rotatable bonds is 9. The number of allylic oxidation sites excluding steroid dienone is 2. The lowest BCUT2D eigenvalue weighted by molar-refractivity contribution is -0.143. The van der Waals surface area contributed by atoms with Crippen molar-refractivity contribution >= 4 is 23.7 Å². The molecule has 10 heteroatoms. The normalized spacial score (nSPS) is 23.9. The van der Waals surface area contributed by atoms with Crippen LogP contribution in [-0.2, 0) is 20.8 Å². The molecule has 5 N–H and O–H groups in total. The zero-order valence-electron chi connectivity index (χ0n) is 21.6. The summed E-state index contributed by atoms with van der Waals surface area (Å²) < 4.78 is 15.3. The molecule has 9 nitrogen and oxygen atoms in total. The zero-order valence-corrected chi connectivity index (χ0v) is 21.6. The Bertz CT molecular complexity index is 1180. The van der Waals surface area contributed by atoms with E-state index in [1.54, 1.807) is 0 Å². The van der Waals surface area contributed by atoms with E-state index in [2.05, 4.69) is 5.32 Å². The van der Waals surface area contributed by atoms with Gasteiger partial charge in [-0.05, 0) is 63.2 Å². The first-order valence-corrected chi connectivity index (χ1v) is 12.5. The topological polar surface area (TPSA) is 147 Å². The number of halogens is 1. The van der Waals surface area contributed by atoms with E-state index < -0.39 is 40.7 Å². The number of aromatic hydroxyl groups is 1. The van der Waals surface area contributed by atoms with Crippen molar-refractivity contribution in [3.05, 3.63) is 45.7 Å². The third-order valence-corrected chi connectivity index (χ3v) is 7.62. The molecule has 202 valence electrons. The van der Waals surface area contributed by atoms with Crippen LogP contribution in [0.25, 0.3) is 0 Å². The van der Waals surface area contributed by atoms with Gasteiger partial charge in [0.05, 0.1) is 18.0 Å². The lowest BCUT2D eigenvalue weighted by atomic mass is 9.63. The smallest absolute Gasteiger partial charge is 0.238 e. The van der Waals surface area contributed by atoms with Gasteiger partial charge in [-0.15, -0.1) is 0 Å². The molecule has 0 radical (unpaired) electrons. The van der Waals surface area contributed by atoms with Gasteiger partial charge in [0.2, 0.25) is 11.7 Å². The van der Waals surface area contributed by atoms with Crippen LogP contribution < -0.4 is 5.32 Å². The van der Waals surface area contributed by atoms with Crippen molar-refractivity contribution in [2.45, 2.75) is 59.0 Å². The second kappa shape index (κ2) is 11.0. The Hall–Kier alpha value is -3.24. The minimum atomic E-state index is -2.34. The van der Waals surface area contributed by atoms with E-state index in [4.69, 9.17) is 0 Å². The van der Waals surface area contributed by atoms with E-state index in [1.165, 1.54) is 13.8 Å². The molecule has 1 unspecified atom stereocenters. The van der Waals surface area contributed by atoms with Crippen LogP contribution in [0.2, 0.25) is 0 Å². The minimum absolute atomic E-state index is 0.0140. The minimum Gasteiger partial charge on any atom is -0.512 e. The number of carbonyl (C=O) groups is 3. The van der Waals surface area contributed by atoms with Crippen LogP contribution in [0.1, 0.15) is 51.2 Å². The van der Waals surface area contributed by atoms with Gasteiger partial charge in [-0.25, -0.2) is 4.39 Å². The Morgan fingerprint density at radius 1 is 1.27 bits per heavy atom. The lowest BCUT2D eigenvalue weighted by Gasteiger charge is -2.44. The number of nitrogens with one attached hydrogen (secondary N) is 1. The average molecular weight is 519 g/mol. The van der Waals surface area contributed by atoms with Gasteiger partial charge in [0.15, 0.2) is 5.60 Å². The van der Waals surface area contributed by atoms with Gasteiger partial charge in [-0.1, -0.05) is 13.8 Å². The number of aliphatic hydroxyl groups excluding tert-OH is 2. The van der Waals surface area contributed by atoms with Crippen LogP contribution >= 0.6 is 0 Å². The lowest BCUT2D eigenvalue weighted by Crippen LogP contribution is -2.54. The molecule has 3 atom stereocenters. The monoisotopic (exact) mass is 518 g/mol. The van der Waals surface area contributed by atoms with Crippen molar-refractivity contribution < 1.29 is 39.2 Å². The second-order valence-electron chi connectivity index (χ2n) is 9.90. The van der Waals surface area contributed by atoms with Crippen LogP contribution in [0.3, 0.4) is 0 Å². The molecule has 0 aromatic heterocycles. The summed E-state index contributed by atoms with van der Waals surface area (Å²) in [5.74, 6) is -5.03. The number of benzene rings is 1. The zero-order chi connectivity index (χ0) is 27.7. The summed E-state index contributed by atoms with van der Waals surface area (Å²) in [7, 11) is 0. The molecule has 2 aliphatic carbocycles. The molecule has 1 amide bonds. The van der Waals surface area contributed by atoms with E-state index in [-0.39, 0.29) is 65.3 Å². The first-order valence-electron chi connectivity index (χ1n) is 12.5. The number of nitrogens with zero attached hydrogens (tertiary/aromatic N) is 1. The molecule has 0 fully saturated rings. The number of fused-ring (bicyclic) bond motifs is 1. The molecule has 2 aliphatic rings. The van der Waals surface area contributed by atoms with E-state index in [0.717, 1.165) is 19.0 Å². The second-order valence-corrected chi connectivity index (χ2v) is 9.90. The van der Waals surface area contributed by atoms with Gasteiger partial charge in [-0.2, -0.15) is 0 Å². The van der Waals surface area contributed by atoms with E-state index in [0.29, 0.717) is 12.8 Å². The summed E-state index contributed by atoms with van der Waals surface area (Å²) in [5.41, 5.74) is -2.51. The number of Topliss-reactive ketones (excluding diaryl/α,β-unsaturated/α-hetero) is 1. The Morgan fingerprint density at radius 2 is 1.95 bits per heavy atom. The molecule has 1 aromatic rings. The van der Waals surface area contributed by atoms with E-state index >= 15 is 4.39 Å². The SMILES string of the molecule is CCCN(CC)CC(=O)Nc1cc(F)c(CC2C[C@H]3CC(O)=C(C)C(=O)[C@@]3(O)C(O)=C2C=O)c(C)c1O. The summed E-state index contributed by atoms with van der Waals surface area (Å²) in [6.07, 6.45) is 1.00. The van der Waals surface area contributed by atoms with E-state index in [9.17, 15) is 34.8 Å². The maximum atomic E-state index is 15.3. The van der Waals surface area contributed by atoms with Crippen molar-refractivity contribution in [3.8, 4) is 5.75 Å². The quantitative estimate of drug-likeness (QED) is 0.247. The molecule has 0 saturated carbocycles. The maximum Gasteiger partial charge on any atom is 0.238 e. The van der Waals surface area contributed by atoms with Crippen molar-refractivity contribution in [3.63, 3.8) is 0 Å². The highest BCUT2D eigenvalue weighted by Crippen LogP contribution is 2.48. The number of anilines is 1. The maximum absolute atomic E-state index is 15.3. The van der Waals surface area contributed by atoms with Crippen LogP contribution in [0.5, 0.6) is 5.75 Å². The number of likely N-dealkylation sites (N-methyl/N-ethyl adjacent to an activating group) is 1. The predicted octanol–water partition coefficient (Wildman–Crippen LogP) is 3.24. The number of phenols is 1. The molecular formula is C27H35FN2O7. The summed E-state index contributed by atoms with van der Waals surface area (Å²) in [5, 5.41) is 45.3. The molecule has 0 saturated heterocycles. The van der Waals surface area contributed by atoms with Crippen molar-refractivity contribution in [2.75, 3.05) is 25.0 Å². The van der Waals surface area contributed by atoms with Gasteiger partial charge >= 0.3 is 0 Å². The molecular weight excluding hydrogens is 483 g/mol. The Labute approximate surface area is 215 Å². The first kappa shape index (κ1) is 28.3. The third kappa shape index (κ3) is 5.13. The average Bonchev–Trinajstić information content (AvgIpc) is 2.85. The number of aldehydes is 1. The summed E-state index contributed by atoms with van der Waals surface area (Å²) in [4.78, 5) is 39.0. The molecule has 37 heavy (non-hydrogen) atoms. The number of hydrogen-bond donors (Lipinski definition) is 5. The molecule has 1 aromatic carbocycles. The number of aliphatic hydroxyl groups is 3. The van der Waals surface area contributed by atoms with Gasteiger partial charge in [-0.3, -0.25) is 19.3 Å². The standard InChI is InChI=1S/C27H35FN2O7/c1-5-7-30(6-2)12-23(33)29-21-11-20(28)18(14(3)24(21)34)9-16-8-17-10-22(32)15(4)25(35)27(17,37)26(36)19(16)13-31/h11,13,16-17,32,34,36-37H,5-10,12H2,1-4H3,(H,29,33)/t16?,17-,27+/m0/s1. The van der Waals surface area contributed by atoms with Crippen LogP contribution in [0, 0.1) is 24.6 Å². The summed E-state index contributed by atoms with van der Waals surface area (Å²) in [6, 6.07) is 1.01. The van der Waals surface area contributed by atoms with Crippen molar-refractivity contribution in [1.29, 1.82) is 0 Å². The molecule has 0 heterocycles. The van der Waals surface area contributed by atoms with Gasteiger partial charge < -0.3 is 25.7 Å². The molecule has 0 bridgehead atoms. The highest BCUT2D eigenvalue weighted by molar-refractivity contribution is 6.05. The highest BCUT2D eigenvalue weighted by Gasteiger charge is 2.56. The highest BCUT2D eigenvalue weighted by atomic mass is 19.1. The number of carbonyl (C=O) groups excluding carboxylic acids is 3. The van der Waals surface area contributed by atoms with Crippen molar-refractivity contribution in [1.82, 2.24) is 4.90 Å². The summed E-state index contributed by atoms with van der Waals surface area (Å²) in [6.45, 7) is 8.20. The van der Waals surface area contributed by atoms with Gasteiger partial charge in [0.25, 0.3) is 0 Å². The van der Waals surface area contributed by atoms with Crippen molar-refractivity contribution in [2.24, 2.45) is 11.8 Å². The molecule has 0 spiro atoms. The van der Waals surface area contributed by atoms with Crippen LogP contribution in [-0.4, -0.2) is 68.5 Å². The number of hydrogen-bond acceptors (Lipinski definition) is 8. The summed E-state index contributed by atoms with van der Waals surface area (Å²) >= 11 is 0. The fourth-order valence-corrected chi connectivity index (χ4v) is 5.38. The van der Waals surface area contributed by atoms with E-state index in [1.807, 2.05) is 18.7 Å². The largest absolute Gasteiger partial charge is 0.512 e. The molecule has 3 rings (SSSR count). The Kier molecular flexibility index (Phi) is 8.44. The Balaban J connectivity index is 1.90. The first-order chi connectivity index (χ1) is 17.4. The van der Waals surface area contributed by atoms with Gasteiger partial charge in [0, 0.05) is 29.6 Å².